The number of rotatable bonds is 16. The molecule has 6 aromatic rings. The van der Waals surface area contributed by atoms with Crippen LogP contribution in [0.4, 0.5) is 70.2 Å². The maximum Gasteiger partial charge on any atom is 0.176 e. The zero-order valence-corrected chi connectivity index (χ0v) is 58.9. The molecule has 4 aromatic carbocycles. The van der Waals surface area contributed by atoms with Gasteiger partial charge in [0.15, 0.2) is 93.1 Å². The molecule has 9 heterocycles. The number of halogens is 16. The average Bonchev–Trinajstić information content (AvgIpc) is 1.40. The van der Waals surface area contributed by atoms with E-state index in [1.54, 1.807) is 0 Å². The number of H-pyrrole nitrogens is 2. The number of aliphatic hydroxyl groups excluding tert-OH is 16. The summed E-state index contributed by atoms with van der Waals surface area (Å²) in [6, 6.07) is 1.26. The van der Waals surface area contributed by atoms with Crippen LogP contribution in [0.1, 0.15) is 34.2 Å². The fraction of sp³-hybridized carbons (Fsp3) is 0.382. The lowest BCUT2D eigenvalue weighted by Gasteiger charge is -2.39. The molecule has 0 radical (unpaired) electrons. The van der Waals surface area contributed by atoms with Crippen LogP contribution in [0, 0.1) is 93.1 Å². The number of hydrogen-bond donors (Lipinski definition) is 18. The Hall–Kier alpha value is -6.78. The van der Waals surface area contributed by atoms with Crippen LogP contribution in [0.5, 0.6) is 0 Å². The summed E-state index contributed by atoms with van der Waals surface area (Å²) >= 11 is -1.44. The summed E-state index contributed by atoms with van der Waals surface area (Å²) in [4.78, 5) is 6.51. The summed E-state index contributed by atoms with van der Waals surface area (Å²) in [6.07, 6.45) is -33.4. The Morgan fingerprint density at radius 1 is 0.277 bits per heavy atom. The maximum absolute atomic E-state index is 17.6. The molecule has 44 heteroatoms. The average molecular weight is 1680 g/mol. The lowest BCUT2D eigenvalue weighted by molar-refractivity contribution is -0.205. The van der Waals surface area contributed by atoms with Crippen LogP contribution >= 0.6 is 47.0 Å². The van der Waals surface area contributed by atoms with E-state index in [0.717, 1.165) is 0 Å². The van der Waals surface area contributed by atoms with Crippen molar-refractivity contribution < 1.29 is 171 Å². The van der Waals surface area contributed by atoms with Crippen LogP contribution in [0.15, 0.2) is 31.7 Å². The number of ether oxygens (including phenoxy) is 4. The predicted molar refractivity (Wildman–Crippen MR) is 357 cm³/mol. The van der Waals surface area contributed by atoms with Gasteiger partial charge < -0.3 is 111 Å². The fourth-order valence-electron chi connectivity index (χ4n) is 13.4. The van der Waals surface area contributed by atoms with Gasteiger partial charge in [-0.25, -0.2) is 80.2 Å². The van der Waals surface area contributed by atoms with E-state index >= 15 is 70.2 Å². The first-order valence-corrected chi connectivity index (χ1v) is 36.4. The Balaban J connectivity index is 1.13. The molecule has 0 unspecified atom stereocenters. The molecule has 18 N–H and O–H groups in total. The molecular weight excluding hydrogens is 1620 g/mol. The molecule has 4 saturated heterocycles. The number of fused-ring (bicyclic) bond motifs is 8. The standard InChI is InChI=1S/C68H56F16N4O20S4/c69-33-29(34(70)42(78)61(41(33)77)109-65-57(101)53(97)49(93)21(9-89)105-65)25-13-1-2-14(85-13)26(30-35(71)43(79)62(44(80)36(30)72)110-66-58(102)54(98)50(94)22(10-90)106-66)16-5-6-18(87-16)28(32-39(75)47(83)64(48(84)40(32)76)112-68-60(104)56(100)52(96)24(12-92)108-68)20-8-7-19(88-20)27(17-4-3-15(25)86-17)31-37(73)45(81)63(46(82)38(31)74)111-67-59(103)55(99)51(95)23(11-91)107-67/h1-6,21-24,49-60,65-68,85,88-104H,7-12H2/t21-,22-,23-,24-,49-,50-,51-,52-,53+,54+,55+,56+,57+,58+,59+,60+,65-,66-,67-,68-/m1/s1. The van der Waals surface area contributed by atoms with Crippen molar-refractivity contribution in [2.45, 2.75) is 152 Å². The molecule has 7 aliphatic heterocycles. The minimum atomic E-state index is -2.48. The van der Waals surface area contributed by atoms with E-state index in [0.29, 0.717) is 36.4 Å². The minimum absolute atomic E-state index is 0.357. The predicted octanol–water partition coefficient (Wildman–Crippen LogP) is 4.62. The summed E-state index contributed by atoms with van der Waals surface area (Å²) in [7, 11) is 0. The number of aromatic amines is 2. The smallest absolute Gasteiger partial charge is 0.176 e. The van der Waals surface area contributed by atoms with Gasteiger partial charge in [0.25, 0.3) is 0 Å². The molecule has 0 spiro atoms. The van der Waals surface area contributed by atoms with Gasteiger partial charge in [-0.1, -0.05) is 47.0 Å². The quantitative estimate of drug-likeness (QED) is 0.0463. The number of aryl methyl sites for hydroxylation is 2. The van der Waals surface area contributed by atoms with E-state index in [1.165, 1.54) is 0 Å². The Morgan fingerprint density at radius 3 is 0.696 bits per heavy atom. The van der Waals surface area contributed by atoms with Crippen LogP contribution in [-0.4, -0.2) is 247 Å². The molecule has 24 nitrogen and oxygen atoms in total. The Bertz CT molecular complexity index is 4640. The first-order valence-electron chi connectivity index (χ1n) is 32.8. The Morgan fingerprint density at radius 2 is 0.482 bits per heavy atom. The van der Waals surface area contributed by atoms with E-state index in [1.807, 2.05) is 0 Å². The van der Waals surface area contributed by atoms with Crippen molar-refractivity contribution in [3.05, 3.63) is 139 Å². The van der Waals surface area contributed by atoms with E-state index < -0.39 is 361 Å². The summed E-state index contributed by atoms with van der Waals surface area (Å²) in [5.74, 6) is -38.9. The van der Waals surface area contributed by atoms with Gasteiger partial charge in [0, 0.05) is 44.7 Å². The van der Waals surface area contributed by atoms with Gasteiger partial charge in [-0.3, -0.25) is 0 Å². The van der Waals surface area contributed by atoms with Gasteiger partial charge in [0.1, 0.15) is 119 Å². The summed E-state index contributed by atoms with van der Waals surface area (Å²) in [5.41, 5.74) is -29.5. The van der Waals surface area contributed by atoms with Gasteiger partial charge in [-0.05, 0) is 49.3 Å². The van der Waals surface area contributed by atoms with E-state index in [-0.39, 0.29) is 47.0 Å². The second-order valence-electron chi connectivity index (χ2n) is 25.9. The number of thioether (sulfide) groups is 4. The monoisotopic (exact) mass is 1680 g/mol. The highest BCUT2D eigenvalue weighted by molar-refractivity contribution is 8.00. The molecule has 112 heavy (non-hydrogen) atoms. The third-order valence-electron chi connectivity index (χ3n) is 19.3. The van der Waals surface area contributed by atoms with Crippen molar-refractivity contribution in [1.29, 1.82) is 0 Å². The van der Waals surface area contributed by atoms with Crippen molar-refractivity contribution in [2.24, 2.45) is 0 Å². The highest BCUT2D eigenvalue weighted by Gasteiger charge is 2.50. The topological polar surface area (TPSA) is 418 Å². The number of hydrogen-bond acceptors (Lipinski definition) is 26. The maximum atomic E-state index is 17.6. The van der Waals surface area contributed by atoms with Gasteiger partial charge in [-0.2, -0.15) is 0 Å². The number of aromatic nitrogens is 4. The molecular formula is C68H56F16N4O20S4. The summed E-state index contributed by atoms with van der Waals surface area (Å²) in [6.45, 7) is -4.53. The first-order chi connectivity index (χ1) is 53.0. The van der Waals surface area contributed by atoms with Crippen molar-refractivity contribution in [2.75, 3.05) is 26.4 Å². The lowest BCUT2D eigenvalue weighted by Crippen LogP contribution is -2.57. The second-order valence-corrected chi connectivity index (χ2v) is 30.3. The number of benzene rings is 4. The largest absolute Gasteiger partial charge is 0.394 e. The molecule has 0 aliphatic carbocycles. The van der Waals surface area contributed by atoms with Crippen LogP contribution < -0.4 is 0 Å². The van der Waals surface area contributed by atoms with Crippen molar-refractivity contribution >= 4 is 82.4 Å². The SMILES string of the molecule is OC[C@H]1O[C@H](Sc2c(F)c(F)c(-c3c4nc(c(-c5c(F)c(F)c(S[C@H]6O[C@H](CO)[C@@H](O)[C@H](O)[C@@H]6O)c(F)c5F)c5ccc([nH]5)c(-c5c(F)c(F)c(S[C@H]6O[C@H](CO)[C@@H](O)[C@H](O)[C@@H]6O)c(F)c5F)c5nc(c(-c6c(F)c(F)c(S[C@H]7O[C@H](CO)[C@@H](O)[C@H](O)[C@@H]7O)c(F)c6F)c6[nH]c3CC6)C=C5)C=C4)c(F)c2F)[C@@H](O)[C@@H](O)[C@@H]1O. The van der Waals surface area contributed by atoms with E-state index in [9.17, 15) is 81.7 Å². The zero-order valence-electron chi connectivity index (χ0n) is 55.6. The first kappa shape index (κ1) is 83.2. The molecule has 604 valence electrons. The highest BCUT2D eigenvalue weighted by Crippen LogP contribution is 2.51. The third kappa shape index (κ3) is 14.0. The number of aliphatic hydroxyl groups is 16. The van der Waals surface area contributed by atoms with E-state index in [2.05, 4.69) is 19.9 Å². The van der Waals surface area contributed by atoms with E-state index in [4.69, 9.17) is 18.9 Å². The molecule has 7 aliphatic rings. The van der Waals surface area contributed by atoms with Crippen molar-refractivity contribution in [3.8, 4) is 44.5 Å². The molecule has 4 fully saturated rings. The van der Waals surface area contributed by atoms with Crippen LogP contribution in [-0.2, 0) is 31.8 Å². The number of nitrogens with zero attached hydrogens (tertiary/aromatic N) is 2. The van der Waals surface area contributed by atoms with Gasteiger partial charge in [0.2, 0.25) is 0 Å². The summed E-state index contributed by atoms with van der Waals surface area (Å²) in [5, 5.41) is 166. The number of nitrogens with one attached hydrogen (secondary N) is 2. The van der Waals surface area contributed by atoms with Gasteiger partial charge in [-0.15, -0.1) is 0 Å². The molecule has 13 rings (SSSR count). The molecule has 0 saturated carbocycles. The third-order valence-corrected chi connectivity index (χ3v) is 24.1. The van der Waals surface area contributed by atoms with Crippen LogP contribution in [0.3, 0.4) is 0 Å². The van der Waals surface area contributed by atoms with Crippen LogP contribution in [0.2, 0.25) is 0 Å². The zero-order chi connectivity index (χ0) is 81.3. The van der Waals surface area contributed by atoms with Crippen molar-refractivity contribution in [3.63, 3.8) is 0 Å². The molecule has 20 atom stereocenters. The molecule has 0 amide bonds. The van der Waals surface area contributed by atoms with Gasteiger partial charge >= 0.3 is 0 Å². The minimum Gasteiger partial charge on any atom is -0.394 e. The molecule has 2 aromatic heterocycles. The molecule has 8 bridgehead atoms. The highest BCUT2D eigenvalue weighted by atomic mass is 32.2. The lowest BCUT2D eigenvalue weighted by atomic mass is 9.97. The van der Waals surface area contributed by atoms with Crippen molar-refractivity contribution in [1.82, 2.24) is 19.9 Å². The normalized spacial score (nSPS) is 29.1. The summed E-state index contributed by atoms with van der Waals surface area (Å²) < 4.78 is 298. The fourth-order valence-corrected chi connectivity index (χ4v) is 17.9. The van der Waals surface area contributed by atoms with Gasteiger partial charge in [0.05, 0.1) is 91.0 Å². The van der Waals surface area contributed by atoms with Crippen LogP contribution in [0.25, 0.3) is 79.8 Å². The Kier molecular flexibility index (Phi) is 24.0. The Labute approximate surface area is 632 Å². The second kappa shape index (κ2) is 32.4.